The molecule has 19 heavy (non-hydrogen) atoms. The Morgan fingerprint density at radius 3 is 2.47 bits per heavy atom. The van der Waals surface area contributed by atoms with Gasteiger partial charge in [-0.25, -0.2) is 0 Å². The van der Waals surface area contributed by atoms with E-state index in [1.54, 1.807) is 13.0 Å². The molecule has 6 nitrogen and oxygen atoms in total. The van der Waals surface area contributed by atoms with Gasteiger partial charge in [-0.3, -0.25) is 14.3 Å². The molecule has 1 rings (SSSR count). The summed E-state index contributed by atoms with van der Waals surface area (Å²) in [6.45, 7) is 2.86. The molecule has 0 radical (unpaired) electrons. The van der Waals surface area contributed by atoms with Gasteiger partial charge in [0.15, 0.2) is 0 Å². The van der Waals surface area contributed by atoms with E-state index in [0.29, 0.717) is 5.56 Å². The molecule has 0 fully saturated rings. The van der Waals surface area contributed by atoms with Crippen molar-refractivity contribution < 1.29 is 52.4 Å². The molecule has 0 amide bonds. The van der Waals surface area contributed by atoms with Crippen LogP contribution >= 0.6 is 0 Å². The minimum absolute atomic E-state index is 0. The smallest absolute Gasteiger partial charge is 0.861 e. The van der Waals surface area contributed by atoms with Gasteiger partial charge in [0.1, 0.15) is 10.7 Å². The molecule has 0 aromatic heterocycles. The molecule has 0 unspecified atom stereocenters. The van der Waals surface area contributed by atoms with E-state index in [9.17, 15) is 18.3 Å². The second-order valence-electron chi connectivity index (χ2n) is 3.83. The van der Waals surface area contributed by atoms with Crippen LogP contribution in [0, 0.1) is 6.92 Å². The van der Waals surface area contributed by atoms with E-state index in [0.717, 1.165) is 0 Å². The summed E-state index contributed by atoms with van der Waals surface area (Å²) in [5, 5.41) is 11.3. The average molecular weight is 293 g/mol. The maximum absolute atomic E-state index is 11.3. The Balaban J connectivity index is 0.00000324. The van der Waals surface area contributed by atoms with Crippen LogP contribution in [0.5, 0.6) is 0 Å². The first-order valence-corrected chi connectivity index (χ1v) is 6.46. The van der Waals surface area contributed by atoms with Crippen molar-refractivity contribution in [2.45, 2.75) is 25.2 Å². The largest absolute Gasteiger partial charge is 1.00 e. The Bertz CT molecular complexity index is 610. The quantitative estimate of drug-likeness (QED) is 0.289. The fourth-order valence-electron chi connectivity index (χ4n) is 1.31. The van der Waals surface area contributed by atoms with E-state index >= 15 is 0 Å². The number of Topliss-reactive ketones (excluding diaryl/α,β-unsaturated/α-hetero) is 1. The summed E-state index contributed by atoms with van der Waals surface area (Å²) in [6, 6.07) is 4.06. The third kappa shape index (κ3) is 5.84. The maximum Gasteiger partial charge on any atom is 1.00 e. The summed E-state index contributed by atoms with van der Waals surface area (Å²) in [7, 11) is -4.46. The second kappa shape index (κ2) is 7.16. The van der Waals surface area contributed by atoms with Gasteiger partial charge in [0.2, 0.25) is 0 Å². The molecule has 0 atom stereocenters. The molecule has 1 aromatic rings. The first kappa shape index (κ1) is 18.3. The molecular formula is C11H12NNaO5S. The molecule has 0 aliphatic rings. The number of hydrogen-bond acceptors (Lipinski definition) is 5. The van der Waals surface area contributed by atoms with Gasteiger partial charge in [0.25, 0.3) is 10.1 Å². The number of aryl methyl sites for hydroxylation is 1. The number of benzene rings is 1. The minimum Gasteiger partial charge on any atom is -0.861 e. The van der Waals surface area contributed by atoms with Crippen molar-refractivity contribution in [1.29, 1.82) is 0 Å². The fourth-order valence-corrected chi connectivity index (χ4v) is 2.02. The van der Waals surface area contributed by atoms with Crippen molar-refractivity contribution in [3.63, 3.8) is 0 Å². The van der Waals surface area contributed by atoms with Gasteiger partial charge in [-0.2, -0.15) is 8.42 Å². The van der Waals surface area contributed by atoms with E-state index in [1.165, 1.54) is 19.1 Å². The molecule has 0 saturated heterocycles. The number of carbonyl (C=O) groups is 1. The molecule has 98 valence electrons. The number of carbonyl (C=O) groups excluding carboxylic acids is 1. The molecular weight excluding hydrogens is 281 g/mol. The summed E-state index contributed by atoms with van der Waals surface area (Å²) in [6.07, 6.45) is -0.404. The zero-order valence-electron chi connectivity index (χ0n) is 10.9. The average Bonchev–Trinajstić information content (AvgIpc) is 2.17. The van der Waals surface area contributed by atoms with Crippen LogP contribution in [0.1, 0.15) is 18.9 Å². The van der Waals surface area contributed by atoms with Gasteiger partial charge in [0, 0.05) is 6.42 Å². The summed E-state index contributed by atoms with van der Waals surface area (Å²) in [5.74, 6) is -1.12. The van der Waals surface area contributed by atoms with E-state index in [-0.39, 0.29) is 41.0 Å². The SMILES string of the molecule is CC(=O)CC([O-])=Nc1ccc(C)cc1S(=O)(=O)O.[Na+]. The van der Waals surface area contributed by atoms with E-state index in [4.69, 9.17) is 4.55 Å². The number of hydrogen-bond donors (Lipinski definition) is 1. The Morgan fingerprint density at radius 1 is 1.42 bits per heavy atom. The van der Waals surface area contributed by atoms with E-state index < -0.39 is 27.3 Å². The van der Waals surface area contributed by atoms with Crippen LogP contribution < -0.4 is 34.7 Å². The summed E-state index contributed by atoms with van der Waals surface area (Å²) in [4.78, 5) is 13.8. The van der Waals surface area contributed by atoms with Crippen molar-refractivity contribution in [1.82, 2.24) is 0 Å². The molecule has 0 aliphatic heterocycles. The molecule has 1 N–H and O–H groups in total. The normalized spacial score (nSPS) is 11.8. The van der Waals surface area contributed by atoms with Gasteiger partial charge in [-0.1, -0.05) is 6.07 Å². The third-order valence-corrected chi connectivity index (χ3v) is 2.92. The van der Waals surface area contributed by atoms with E-state index in [2.05, 4.69) is 4.99 Å². The van der Waals surface area contributed by atoms with Gasteiger partial charge < -0.3 is 5.11 Å². The Morgan fingerprint density at radius 2 is 2.00 bits per heavy atom. The van der Waals surface area contributed by atoms with Crippen LogP contribution in [0.15, 0.2) is 28.1 Å². The fraction of sp³-hybridized carbons (Fsp3) is 0.273. The van der Waals surface area contributed by atoms with Crippen LogP contribution in [-0.4, -0.2) is 24.7 Å². The van der Waals surface area contributed by atoms with Crippen LogP contribution in [0.25, 0.3) is 0 Å². The van der Waals surface area contributed by atoms with Gasteiger partial charge in [-0.15, -0.1) is 0 Å². The number of nitrogens with zero attached hydrogens (tertiary/aromatic N) is 1. The van der Waals surface area contributed by atoms with Gasteiger partial charge in [-0.05, 0) is 37.4 Å². The molecule has 1 aromatic carbocycles. The summed E-state index contributed by atoms with van der Waals surface area (Å²) >= 11 is 0. The molecule has 0 bridgehead atoms. The first-order valence-electron chi connectivity index (χ1n) is 5.02. The van der Waals surface area contributed by atoms with Crippen molar-refractivity contribution in [3.8, 4) is 0 Å². The van der Waals surface area contributed by atoms with E-state index in [1.807, 2.05) is 0 Å². The zero-order chi connectivity index (χ0) is 13.9. The van der Waals surface area contributed by atoms with Crippen LogP contribution in [0.2, 0.25) is 0 Å². The maximum atomic E-state index is 11.3. The van der Waals surface area contributed by atoms with Crippen molar-refractivity contribution in [2.24, 2.45) is 4.99 Å². The van der Waals surface area contributed by atoms with Gasteiger partial charge in [0.05, 0.1) is 5.69 Å². The summed E-state index contributed by atoms with van der Waals surface area (Å²) in [5.41, 5.74) is 0.426. The summed E-state index contributed by atoms with van der Waals surface area (Å²) < 4.78 is 31.3. The second-order valence-corrected chi connectivity index (χ2v) is 5.22. The van der Waals surface area contributed by atoms with Crippen LogP contribution in [-0.2, 0) is 14.9 Å². The monoisotopic (exact) mass is 293 g/mol. The van der Waals surface area contributed by atoms with Crippen molar-refractivity contribution >= 4 is 27.5 Å². The van der Waals surface area contributed by atoms with Crippen LogP contribution in [0.3, 0.4) is 0 Å². The minimum atomic E-state index is -4.46. The number of aliphatic imine (C=N–C) groups is 1. The molecule has 0 saturated carbocycles. The topological polar surface area (TPSA) is 107 Å². The number of ketones is 1. The Hall–Kier alpha value is -0.730. The standard InChI is InChI=1S/C11H13NO5S.Na/c1-7-3-4-9(10(5-7)18(15,16)17)12-11(14)6-8(2)13;/h3-5H,6H2,1-2H3,(H,12,14)(H,15,16,17);/q;+1/p-1. The molecule has 0 heterocycles. The predicted molar refractivity (Wildman–Crippen MR) is 63.4 cm³/mol. The van der Waals surface area contributed by atoms with Crippen LogP contribution in [0.4, 0.5) is 5.69 Å². The first-order chi connectivity index (χ1) is 8.20. The van der Waals surface area contributed by atoms with Crippen molar-refractivity contribution in [2.75, 3.05) is 0 Å². The predicted octanol–water partition coefficient (Wildman–Crippen LogP) is -2.38. The van der Waals surface area contributed by atoms with Crippen molar-refractivity contribution in [3.05, 3.63) is 23.8 Å². The Labute approximate surface area is 133 Å². The molecule has 8 heteroatoms. The molecule has 0 aliphatic carbocycles. The van der Waals surface area contributed by atoms with Gasteiger partial charge >= 0.3 is 29.6 Å². The Kier molecular flexibility index (Phi) is 6.88. The molecule has 0 spiro atoms. The number of rotatable bonds is 4. The third-order valence-electron chi connectivity index (χ3n) is 2.04. The zero-order valence-corrected chi connectivity index (χ0v) is 13.7.